The molecule has 0 spiro atoms. The molecular weight excluding hydrogens is 312 g/mol. The number of fused-ring (bicyclic) bond motifs is 1. The number of nitrogens with zero attached hydrogens (tertiary/aromatic N) is 1. The zero-order valence-corrected chi connectivity index (χ0v) is 9.53. The molecule has 0 bridgehead atoms. The molecule has 0 unspecified atom stereocenters. The van der Waals surface area contributed by atoms with Gasteiger partial charge in [-0.25, -0.2) is 9.18 Å². The van der Waals surface area contributed by atoms with Crippen molar-refractivity contribution in [1.82, 2.24) is 4.98 Å². The summed E-state index contributed by atoms with van der Waals surface area (Å²) in [5, 5.41) is 9.25. The fourth-order valence-corrected chi connectivity index (χ4v) is 1.78. The Bertz CT molecular complexity index is 556. The van der Waals surface area contributed by atoms with E-state index in [9.17, 15) is 9.18 Å². The van der Waals surface area contributed by atoms with Crippen LogP contribution < -0.4 is 0 Å². The number of carbonyl (C=O) groups is 1. The Morgan fingerprint density at radius 3 is 2.80 bits per heavy atom. The summed E-state index contributed by atoms with van der Waals surface area (Å²) in [4.78, 5) is 14.6. The summed E-state index contributed by atoms with van der Waals surface area (Å²) in [6.07, 6.45) is 1.53. The van der Waals surface area contributed by atoms with Crippen LogP contribution in [0.25, 0.3) is 10.9 Å². The smallest absolute Gasteiger partial charge is 0.335 e. The first-order valence-electron chi connectivity index (χ1n) is 4.06. The van der Waals surface area contributed by atoms with Gasteiger partial charge in [-0.05, 0) is 40.8 Å². The van der Waals surface area contributed by atoms with Gasteiger partial charge in [0, 0.05) is 15.2 Å². The van der Waals surface area contributed by atoms with Crippen LogP contribution in [0.2, 0.25) is 0 Å². The van der Waals surface area contributed by atoms with Crippen LogP contribution in [0.5, 0.6) is 0 Å². The molecule has 0 aliphatic heterocycles. The molecule has 1 aromatic heterocycles. The van der Waals surface area contributed by atoms with Crippen LogP contribution in [0.3, 0.4) is 0 Å². The van der Waals surface area contributed by atoms with Gasteiger partial charge in [0.2, 0.25) is 0 Å². The highest BCUT2D eigenvalue weighted by Gasteiger charge is 2.09. The van der Waals surface area contributed by atoms with Crippen LogP contribution in [0, 0.1) is 9.39 Å². The van der Waals surface area contributed by atoms with E-state index in [1.807, 2.05) is 22.6 Å². The summed E-state index contributed by atoms with van der Waals surface area (Å²) in [6.45, 7) is 0. The van der Waals surface area contributed by atoms with Crippen molar-refractivity contribution in [2.45, 2.75) is 0 Å². The quantitative estimate of drug-likeness (QED) is 0.823. The third-order valence-electron chi connectivity index (χ3n) is 1.95. The molecule has 5 heteroatoms. The molecule has 0 saturated heterocycles. The fraction of sp³-hybridized carbons (Fsp3) is 0. The molecule has 0 aliphatic carbocycles. The second-order valence-electron chi connectivity index (χ2n) is 2.99. The lowest BCUT2D eigenvalue weighted by molar-refractivity contribution is 0.0696. The molecule has 0 aliphatic rings. The topological polar surface area (TPSA) is 50.2 Å². The monoisotopic (exact) mass is 317 g/mol. The van der Waals surface area contributed by atoms with Crippen molar-refractivity contribution in [2.75, 3.05) is 0 Å². The van der Waals surface area contributed by atoms with E-state index in [1.165, 1.54) is 12.3 Å². The molecule has 1 heterocycles. The minimum atomic E-state index is -1.14. The summed E-state index contributed by atoms with van der Waals surface area (Å²) < 4.78 is 14.2. The van der Waals surface area contributed by atoms with Gasteiger partial charge in [-0.3, -0.25) is 4.98 Å². The van der Waals surface area contributed by atoms with Crippen LogP contribution in [0.1, 0.15) is 10.4 Å². The maximum absolute atomic E-state index is 13.4. The third-order valence-corrected chi connectivity index (χ3v) is 2.54. The summed E-state index contributed by atoms with van der Waals surface area (Å²) >= 11 is 2.04. The molecule has 0 saturated carbocycles. The van der Waals surface area contributed by atoms with Crippen LogP contribution >= 0.6 is 22.6 Å². The molecule has 3 nitrogen and oxygen atoms in total. The number of aromatic nitrogens is 1. The van der Waals surface area contributed by atoms with Gasteiger partial charge < -0.3 is 5.11 Å². The zero-order valence-electron chi connectivity index (χ0n) is 7.37. The molecule has 1 N–H and O–H groups in total. The van der Waals surface area contributed by atoms with Crippen molar-refractivity contribution in [3.05, 3.63) is 39.3 Å². The van der Waals surface area contributed by atoms with E-state index in [4.69, 9.17) is 5.11 Å². The van der Waals surface area contributed by atoms with Gasteiger partial charge in [-0.1, -0.05) is 0 Å². The minimum absolute atomic E-state index is 0.0659. The molecule has 0 atom stereocenters. The van der Waals surface area contributed by atoms with Crippen molar-refractivity contribution in [3.8, 4) is 0 Å². The third kappa shape index (κ3) is 1.92. The Labute approximate surface area is 98.1 Å². The van der Waals surface area contributed by atoms with Gasteiger partial charge in [0.05, 0.1) is 5.56 Å². The second kappa shape index (κ2) is 3.73. The summed E-state index contributed by atoms with van der Waals surface area (Å²) in [7, 11) is 0. The molecule has 2 rings (SSSR count). The standard InChI is InChI=1S/C10H5FINO2/c11-8-3-6(10(14)15)1-5-2-7(12)4-13-9(5)8/h1-4H,(H,14,15). The number of aromatic carboxylic acids is 1. The van der Waals surface area contributed by atoms with E-state index in [-0.39, 0.29) is 11.1 Å². The normalized spacial score (nSPS) is 10.5. The highest BCUT2D eigenvalue weighted by Crippen LogP contribution is 2.20. The maximum atomic E-state index is 13.4. The van der Waals surface area contributed by atoms with E-state index in [0.29, 0.717) is 5.39 Å². The summed E-state index contributed by atoms with van der Waals surface area (Å²) in [5.41, 5.74) is 0.129. The number of rotatable bonds is 1. The Balaban J connectivity index is 2.79. The lowest BCUT2D eigenvalue weighted by atomic mass is 10.1. The number of halogens is 2. The van der Waals surface area contributed by atoms with Gasteiger partial charge >= 0.3 is 5.97 Å². The number of carboxylic acids is 1. The van der Waals surface area contributed by atoms with Crippen LogP contribution in [0.4, 0.5) is 4.39 Å². The van der Waals surface area contributed by atoms with Crippen LogP contribution in [-0.2, 0) is 0 Å². The average molecular weight is 317 g/mol. The Morgan fingerprint density at radius 1 is 1.40 bits per heavy atom. The van der Waals surface area contributed by atoms with Crippen LogP contribution in [0.15, 0.2) is 24.4 Å². The Hall–Kier alpha value is -1.24. The van der Waals surface area contributed by atoms with E-state index >= 15 is 0 Å². The molecule has 2 aromatic rings. The van der Waals surface area contributed by atoms with E-state index in [0.717, 1.165) is 9.64 Å². The molecule has 0 amide bonds. The van der Waals surface area contributed by atoms with Gasteiger partial charge in [0.1, 0.15) is 11.3 Å². The fourth-order valence-electron chi connectivity index (χ4n) is 1.30. The Morgan fingerprint density at radius 2 is 2.13 bits per heavy atom. The minimum Gasteiger partial charge on any atom is -0.478 e. The van der Waals surface area contributed by atoms with Crippen molar-refractivity contribution in [1.29, 1.82) is 0 Å². The average Bonchev–Trinajstić information content (AvgIpc) is 2.16. The van der Waals surface area contributed by atoms with Gasteiger partial charge in [-0.2, -0.15) is 0 Å². The largest absolute Gasteiger partial charge is 0.478 e. The highest BCUT2D eigenvalue weighted by atomic mass is 127. The predicted molar refractivity (Wildman–Crippen MR) is 61.4 cm³/mol. The van der Waals surface area contributed by atoms with E-state index in [2.05, 4.69) is 4.98 Å². The summed E-state index contributed by atoms with van der Waals surface area (Å²) in [6, 6.07) is 4.08. The molecule has 76 valence electrons. The molecular formula is C10H5FINO2. The van der Waals surface area contributed by atoms with Gasteiger partial charge in [0.25, 0.3) is 0 Å². The number of hydrogen-bond donors (Lipinski definition) is 1. The van der Waals surface area contributed by atoms with Crippen molar-refractivity contribution < 1.29 is 14.3 Å². The highest BCUT2D eigenvalue weighted by molar-refractivity contribution is 14.1. The van der Waals surface area contributed by atoms with Crippen LogP contribution in [-0.4, -0.2) is 16.1 Å². The van der Waals surface area contributed by atoms with Crippen molar-refractivity contribution >= 4 is 39.5 Å². The lowest BCUT2D eigenvalue weighted by Crippen LogP contribution is -1.98. The lowest BCUT2D eigenvalue weighted by Gasteiger charge is -2.01. The first kappa shape index (κ1) is 10.3. The maximum Gasteiger partial charge on any atom is 0.335 e. The molecule has 0 fully saturated rings. The first-order valence-corrected chi connectivity index (χ1v) is 5.14. The number of carboxylic acid groups (broad SMARTS) is 1. The molecule has 1 aromatic carbocycles. The predicted octanol–water partition coefficient (Wildman–Crippen LogP) is 2.68. The van der Waals surface area contributed by atoms with E-state index in [1.54, 1.807) is 6.07 Å². The zero-order chi connectivity index (χ0) is 11.0. The number of benzene rings is 1. The van der Waals surface area contributed by atoms with Gasteiger partial charge in [0.15, 0.2) is 0 Å². The van der Waals surface area contributed by atoms with E-state index < -0.39 is 11.8 Å². The molecule has 15 heavy (non-hydrogen) atoms. The Kier molecular flexibility index (Phi) is 2.56. The second-order valence-corrected chi connectivity index (χ2v) is 4.23. The SMILES string of the molecule is O=C(O)c1cc(F)c2ncc(I)cc2c1. The molecule has 0 radical (unpaired) electrons. The number of pyridine rings is 1. The van der Waals surface area contributed by atoms with Crippen molar-refractivity contribution in [3.63, 3.8) is 0 Å². The summed E-state index contributed by atoms with van der Waals surface area (Å²) in [5.74, 6) is -1.75. The number of hydrogen-bond acceptors (Lipinski definition) is 2. The van der Waals surface area contributed by atoms with Crippen molar-refractivity contribution in [2.24, 2.45) is 0 Å². The first-order chi connectivity index (χ1) is 7.08. The van der Waals surface area contributed by atoms with Gasteiger partial charge in [-0.15, -0.1) is 0 Å².